The predicted molar refractivity (Wildman–Crippen MR) is 89.9 cm³/mol. The molecule has 0 aliphatic carbocycles. The molecule has 0 spiro atoms. The van der Waals surface area contributed by atoms with E-state index in [1.165, 1.54) is 0 Å². The molecular formula is C17H21N5O3. The molecule has 0 saturated carbocycles. The van der Waals surface area contributed by atoms with Crippen molar-refractivity contribution in [2.75, 3.05) is 26.3 Å². The summed E-state index contributed by atoms with van der Waals surface area (Å²) in [6.07, 6.45) is 0.843. The number of carbonyl (C=O) groups excluding carboxylic acids is 1. The minimum absolute atomic E-state index is 0.173. The third-order valence-corrected chi connectivity index (χ3v) is 4.43. The summed E-state index contributed by atoms with van der Waals surface area (Å²) in [7, 11) is 0. The second kappa shape index (κ2) is 6.72. The molecule has 3 heterocycles. The van der Waals surface area contributed by atoms with Crippen LogP contribution in [-0.2, 0) is 13.0 Å². The summed E-state index contributed by atoms with van der Waals surface area (Å²) in [4.78, 5) is 12.6. The topological polar surface area (TPSA) is 90.3 Å². The number of aromatic nitrogens is 3. The zero-order valence-electron chi connectivity index (χ0n) is 14.1. The first kappa shape index (κ1) is 15.9. The Morgan fingerprint density at radius 1 is 1.24 bits per heavy atom. The molecule has 1 aromatic heterocycles. The van der Waals surface area contributed by atoms with Crippen LogP contribution in [0.25, 0.3) is 0 Å². The Morgan fingerprint density at radius 3 is 2.96 bits per heavy atom. The zero-order chi connectivity index (χ0) is 17.2. The largest absolute Gasteiger partial charge is 0.486 e. The molecule has 1 aromatic carbocycles. The third-order valence-electron chi connectivity index (χ3n) is 4.43. The minimum Gasteiger partial charge on any atom is -0.486 e. The molecule has 2 aliphatic heterocycles. The molecule has 2 aliphatic rings. The SMILES string of the molecule is C[C@H](NC(=O)c1ccc2c(c1)OCCO2)c1nnc2n1CCNCC2. The summed E-state index contributed by atoms with van der Waals surface area (Å²) in [6.45, 7) is 5.53. The van der Waals surface area contributed by atoms with Crippen LogP contribution in [0, 0.1) is 0 Å². The highest BCUT2D eigenvalue weighted by Crippen LogP contribution is 2.30. The molecule has 8 heteroatoms. The highest BCUT2D eigenvalue weighted by Gasteiger charge is 2.22. The van der Waals surface area contributed by atoms with Gasteiger partial charge in [-0.2, -0.15) is 0 Å². The quantitative estimate of drug-likeness (QED) is 0.852. The minimum atomic E-state index is -0.236. The summed E-state index contributed by atoms with van der Waals surface area (Å²) in [5.74, 6) is 2.85. The number of amides is 1. The second-order valence-corrected chi connectivity index (χ2v) is 6.18. The molecule has 0 radical (unpaired) electrons. The van der Waals surface area contributed by atoms with Crippen molar-refractivity contribution in [2.45, 2.75) is 25.9 Å². The van der Waals surface area contributed by atoms with Crippen LogP contribution >= 0.6 is 0 Å². The fraction of sp³-hybridized carbons (Fsp3) is 0.471. The van der Waals surface area contributed by atoms with Crippen molar-refractivity contribution < 1.29 is 14.3 Å². The third kappa shape index (κ3) is 3.17. The summed E-state index contributed by atoms with van der Waals surface area (Å²) in [6, 6.07) is 4.98. The Bertz CT molecular complexity index is 789. The number of carbonyl (C=O) groups is 1. The first-order chi connectivity index (χ1) is 12.2. The highest BCUT2D eigenvalue weighted by molar-refractivity contribution is 5.95. The zero-order valence-corrected chi connectivity index (χ0v) is 14.1. The van der Waals surface area contributed by atoms with E-state index in [4.69, 9.17) is 9.47 Å². The van der Waals surface area contributed by atoms with Gasteiger partial charge in [0.25, 0.3) is 5.91 Å². The van der Waals surface area contributed by atoms with E-state index in [0.29, 0.717) is 30.3 Å². The van der Waals surface area contributed by atoms with Gasteiger partial charge in [0, 0.05) is 31.6 Å². The van der Waals surface area contributed by atoms with Gasteiger partial charge in [-0.05, 0) is 25.1 Å². The van der Waals surface area contributed by atoms with Crippen molar-refractivity contribution in [3.63, 3.8) is 0 Å². The van der Waals surface area contributed by atoms with Gasteiger partial charge < -0.3 is 24.7 Å². The molecule has 0 saturated heterocycles. The van der Waals surface area contributed by atoms with Gasteiger partial charge in [-0.15, -0.1) is 10.2 Å². The van der Waals surface area contributed by atoms with Crippen molar-refractivity contribution in [3.05, 3.63) is 35.4 Å². The summed E-state index contributed by atoms with van der Waals surface area (Å²) < 4.78 is 13.1. The van der Waals surface area contributed by atoms with Crippen molar-refractivity contribution in [2.24, 2.45) is 0 Å². The number of hydrogen-bond donors (Lipinski definition) is 2. The lowest BCUT2D eigenvalue weighted by Crippen LogP contribution is -2.29. The molecule has 4 rings (SSSR count). The molecule has 2 aromatic rings. The summed E-state index contributed by atoms with van der Waals surface area (Å²) in [5, 5.41) is 14.9. The van der Waals surface area contributed by atoms with E-state index in [9.17, 15) is 4.79 Å². The average Bonchev–Trinajstić information content (AvgIpc) is 2.90. The number of fused-ring (bicyclic) bond motifs is 2. The van der Waals surface area contributed by atoms with Crippen LogP contribution in [0.1, 0.15) is 35.0 Å². The fourth-order valence-electron chi connectivity index (χ4n) is 3.14. The van der Waals surface area contributed by atoms with E-state index < -0.39 is 0 Å². The molecule has 1 amide bonds. The van der Waals surface area contributed by atoms with Crippen molar-refractivity contribution >= 4 is 5.91 Å². The van der Waals surface area contributed by atoms with E-state index in [1.807, 2.05) is 6.92 Å². The summed E-state index contributed by atoms with van der Waals surface area (Å²) >= 11 is 0. The lowest BCUT2D eigenvalue weighted by atomic mass is 10.1. The molecule has 0 fully saturated rings. The van der Waals surface area contributed by atoms with Crippen LogP contribution in [0.3, 0.4) is 0 Å². The maximum atomic E-state index is 12.6. The monoisotopic (exact) mass is 343 g/mol. The van der Waals surface area contributed by atoms with Gasteiger partial charge in [-0.1, -0.05) is 0 Å². The summed E-state index contributed by atoms with van der Waals surface area (Å²) in [5.41, 5.74) is 0.536. The van der Waals surface area contributed by atoms with Crippen LogP contribution in [-0.4, -0.2) is 47.0 Å². The number of nitrogens with zero attached hydrogens (tertiary/aromatic N) is 3. The van der Waals surface area contributed by atoms with E-state index >= 15 is 0 Å². The molecule has 8 nitrogen and oxygen atoms in total. The Labute approximate surface area is 145 Å². The van der Waals surface area contributed by atoms with Crippen molar-refractivity contribution in [1.29, 1.82) is 0 Å². The standard InChI is InChI=1S/C17H21N5O3/c1-11(16-21-20-15-4-5-18-6-7-22(15)16)19-17(23)12-2-3-13-14(10-12)25-9-8-24-13/h2-3,10-11,18H,4-9H2,1H3,(H,19,23)/t11-/m0/s1. The first-order valence-electron chi connectivity index (χ1n) is 8.55. The lowest BCUT2D eigenvalue weighted by molar-refractivity contribution is 0.0936. The molecule has 0 bridgehead atoms. The van der Waals surface area contributed by atoms with E-state index in [0.717, 1.165) is 37.7 Å². The van der Waals surface area contributed by atoms with Gasteiger partial charge in [0.2, 0.25) is 0 Å². The maximum absolute atomic E-state index is 12.6. The van der Waals surface area contributed by atoms with E-state index in [1.54, 1.807) is 18.2 Å². The van der Waals surface area contributed by atoms with Crippen LogP contribution in [0.2, 0.25) is 0 Å². The number of hydrogen-bond acceptors (Lipinski definition) is 6. The number of benzene rings is 1. The molecular weight excluding hydrogens is 322 g/mol. The Morgan fingerprint density at radius 2 is 2.08 bits per heavy atom. The normalized spacial score (nSPS) is 17.3. The Kier molecular flexibility index (Phi) is 4.27. The average molecular weight is 343 g/mol. The Balaban J connectivity index is 1.50. The number of rotatable bonds is 3. The number of nitrogens with one attached hydrogen (secondary N) is 2. The maximum Gasteiger partial charge on any atom is 0.252 e. The van der Waals surface area contributed by atoms with Gasteiger partial charge in [0.05, 0.1) is 6.04 Å². The van der Waals surface area contributed by atoms with E-state index in [-0.39, 0.29) is 11.9 Å². The van der Waals surface area contributed by atoms with Gasteiger partial charge in [0.1, 0.15) is 19.0 Å². The highest BCUT2D eigenvalue weighted by atomic mass is 16.6. The van der Waals surface area contributed by atoms with Crippen LogP contribution in [0.4, 0.5) is 0 Å². The fourth-order valence-corrected chi connectivity index (χ4v) is 3.14. The van der Waals surface area contributed by atoms with Gasteiger partial charge in [-0.25, -0.2) is 0 Å². The lowest BCUT2D eigenvalue weighted by Gasteiger charge is -2.19. The van der Waals surface area contributed by atoms with Gasteiger partial charge in [-0.3, -0.25) is 4.79 Å². The smallest absolute Gasteiger partial charge is 0.252 e. The molecule has 25 heavy (non-hydrogen) atoms. The molecule has 2 N–H and O–H groups in total. The first-order valence-corrected chi connectivity index (χ1v) is 8.55. The van der Waals surface area contributed by atoms with Crippen LogP contribution < -0.4 is 20.1 Å². The van der Waals surface area contributed by atoms with E-state index in [2.05, 4.69) is 25.4 Å². The van der Waals surface area contributed by atoms with Gasteiger partial charge >= 0.3 is 0 Å². The van der Waals surface area contributed by atoms with Crippen LogP contribution in [0.5, 0.6) is 11.5 Å². The second-order valence-electron chi connectivity index (χ2n) is 6.18. The van der Waals surface area contributed by atoms with Crippen molar-refractivity contribution in [3.8, 4) is 11.5 Å². The Hall–Kier alpha value is -2.61. The van der Waals surface area contributed by atoms with Crippen molar-refractivity contribution in [1.82, 2.24) is 25.4 Å². The van der Waals surface area contributed by atoms with Crippen LogP contribution in [0.15, 0.2) is 18.2 Å². The molecule has 1 atom stereocenters. The predicted octanol–water partition coefficient (Wildman–Crippen LogP) is 0.686. The molecule has 132 valence electrons. The molecule has 0 unspecified atom stereocenters. The number of ether oxygens (including phenoxy) is 2. The van der Waals surface area contributed by atoms with Gasteiger partial charge in [0.15, 0.2) is 17.3 Å².